The zero-order valence-electron chi connectivity index (χ0n) is 18.4. The van der Waals surface area contributed by atoms with Gasteiger partial charge in [0, 0.05) is 16.5 Å². The number of thiazole rings is 1. The number of halogens is 1. The Labute approximate surface area is 206 Å². The predicted molar refractivity (Wildman–Crippen MR) is 132 cm³/mol. The molecule has 33 heavy (non-hydrogen) atoms. The number of nitrogens with zero attached hydrogens (tertiary/aromatic N) is 2. The van der Waals surface area contributed by atoms with Crippen molar-refractivity contribution < 1.29 is 19.0 Å². The van der Waals surface area contributed by atoms with Gasteiger partial charge >= 0.3 is 5.97 Å². The lowest BCUT2D eigenvalue weighted by Gasteiger charge is -2.26. The first-order valence-corrected chi connectivity index (χ1v) is 12.5. The number of aromatic nitrogens is 1. The second-order valence-electron chi connectivity index (χ2n) is 7.05. The molecule has 1 aliphatic rings. The van der Waals surface area contributed by atoms with Gasteiger partial charge in [-0.2, -0.15) is 0 Å². The van der Waals surface area contributed by atoms with Crippen molar-refractivity contribution >= 4 is 50.6 Å². The number of carbonyl (C=O) groups is 1. The molecule has 0 spiro atoms. The molecule has 0 bridgehead atoms. The van der Waals surface area contributed by atoms with Gasteiger partial charge in [-0.1, -0.05) is 11.3 Å². The molecule has 10 heteroatoms. The first-order valence-electron chi connectivity index (χ1n) is 10.0. The number of rotatable bonds is 6. The molecular formula is C23H21BrN2O5S2. The molecule has 3 aromatic rings. The fraction of sp³-hybridized carbons (Fsp3) is 0.261. The molecule has 0 radical (unpaired) electrons. The number of hydrogen-bond acceptors (Lipinski definition) is 8. The van der Waals surface area contributed by atoms with Gasteiger partial charge in [-0.3, -0.25) is 9.36 Å². The van der Waals surface area contributed by atoms with Gasteiger partial charge in [0.1, 0.15) is 17.5 Å². The third-order valence-corrected chi connectivity index (χ3v) is 7.67. The molecule has 172 valence electrons. The number of thiophene rings is 1. The van der Waals surface area contributed by atoms with E-state index in [9.17, 15) is 9.59 Å². The maximum absolute atomic E-state index is 13.6. The summed E-state index contributed by atoms with van der Waals surface area (Å²) in [7, 11) is 3.10. The van der Waals surface area contributed by atoms with Crippen LogP contribution in [0.1, 0.15) is 30.3 Å². The van der Waals surface area contributed by atoms with Crippen LogP contribution in [0.4, 0.5) is 0 Å². The lowest BCUT2D eigenvalue weighted by molar-refractivity contribution is -0.139. The molecule has 3 heterocycles. The normalized spacial score (nSPS) is 15.8. The van der Waals surface area contributed by atoms with Crippen molar-refractivity contribution in [2.24, 2.45) is 4.99 Å². The van der Waals surface area contributed by atoms with E-state index < -0.39 is 12.0 Å². The van der Waals surface area contributed by atoms with E-state index in [1.54, 1.807) is 43.7 Å². The summed E-state index contributed by atoms with van der Waals surface area (Å²) in [4.78, 5) is 32.6. The van der Waals surface area contributed by atoms with E-state index in [1.165, 1.54) is 29.8 Å². The molecule has 7 nitrogen and oxygen atoms in total. The number of benzene rings is 1. The standard InChI is InChI=1S/C23H21BrN2O5S2/c1-5-31-22(28)19-12(2)25-23-26(20(19)15-8-6-13(29-3)10-16(15)30-4)21(27)17(33-23)11-14-7-9-18(24)32-14/h6-11,20H,5H2,1-4H3/b17-11+/t20-/m1/s1. The van der Waals surface area contributed by atoms with Crippen LogP contribution >= 0.6 is 38.6 Å². The zero-order valence-corrected chi connectivity index (χ0v) is 21.6. The van der Waals surface area contributed by atoms with Crippen molar-refractivity contribution in [1.82, 2.24) is 4.57 Å². The number of hydrogen-bond donors (Lipinski definition) is 0. The minimum Gasteiger partial charge on any atom is -0.497 e. The Morgan fingerprint density at radius 1 is 1.21 bits per heavy atom. The van der Waals surface area contributed by atoms with Crippen LogP contribution in [0.3, 0.4) is 0 Å². The molecule has 0 N–H and O–H groups in total. The lowest BCUT2D eigenvalue weighted by atomic mass is 9.95. The van der Waals surface area contributed by atoms with Gasteiger partial charge in [-0.25, -0.2) is 9.79 Å². The first kappa shape index (κ1) is 23.5. The topological polar surface area (TPSA) is 79.1 Å². The summed E-state index contributed by atoms with van der Waals surface area (Å²) in [5.74, 6) is 0.579. The molecular weight excluding hydrogens is 528 g/mol. The highest BCUT2D eigenvalue weighted by Crippen LogP contribution is 2.37. The van der Waals surface area contributed by atoms with Crippen LogP contribution in [-0.4, -0.2) is 31.4 Å². The molecule has 0 aliphatic carbocycles. The van der Waals surface area contributed by atoms with Gasteiger partial charge in [0.2, 0.25) is 0 Å². The van der Waals surface area contributed by atoms with Crippen molar-refractivity contribution in [3.8, 4) is 11.5 Å². The average molecular weight is 549 g/mol. The minimum atomic E-state index is -0.752. The number of esters is 1. The van der Waals surface area contributed by atoms with Crippen LogP contribution in [0.25, 0.3) is 6.08 Å². The smallest absolute Gasteiger partial charge is 0.338 e. The van der Waals surface area contributed by atoms with Gasteiger partial charge in [-0.15, -0.1) is 11.3 Å². The van der Waals surface area contributed by atoms with Gasteiger partial charge in [0.25, 0.3) is 5.56 Å². The van der Waals surface area contributed by atoms with Gasteiger partial charge in [-0.05, 0) is 60.1 Å². The Balaban J connectivity index is 2.00. The summed E-state index contributed by atoms with van der Waals surface area (Å²) in [5.41, 5.74) is 1.21. The Hall–Kier alpha value is -2.69. The monoisotopic (exact) mass is 548 g/mol. The highest BCUT2D eigenvalue weighted by atomic mass is 79.9. The SMILES string of the molecule is CCOC(=O)C1=C(C)N=c2s/c(=C/c3ccc(Br)s3)c(=O)n2[C@@H]1c1ccc(OC)cc1OC. The fourth-order valence-corrected chi connectivity index (χ4v) is 6.14. The van der Waals surface area contributed by atoms with Crippen molar-refractivity contribution in [3.63, 3.8) is 0 Å². The maximum Gasteiger partial charge on any atom is 0.338 e. The van der Waals surface area contributed by atoms with E-state index in [4.69, 9.17) is 14.2 Å². The summed E-state index contributed by atoms with van der Waals surface area (Å²) >= 11 is 6.26. The molecule has 0 saturated heterocycles. The molecule has 0 fully saturated rings. The van der Waals surface area contributed by atoms with Crippen LogP contribution in [0.2, 0.25) is 0 Å². The van der Waals surface area contributed by atoms with Crippen molar-refractivity contribution in [2.45, 2.75) is 19.9 Å². The van der Waals surface area contributed by atoms with Crippen molar-refractivity contribution in [3.05, 3.63) is 75.5 Å². The maximum atomic E-state index is 13.6. The molecule has 2 aromatic heterocycles. The predicted octanol–water partition coefficient (Wildman–Crippen LogP) is 3.64. The Morgan fingerprint density at radius 3 is 2.64 bits per heavy atom. The minimum absolute atomic E-state index is 0.208. The fourth-order valence-electron chi connectivity index (χ4n) is 3.67. The van der Waals surface area contributed by atoms with E-state index in [2.05, 4.69) is 20.9 Å². The molecule has 1 aliphatic heterocycles. The summed E-state index contributed by atoms with van der Waals surface area (Å²) in [6.45, 7) is 3.70. The van der Waals surface area contributed by atoms with E-state index >= 15 is 0 Å². The summed E-state index contributed by atoms with van der Waals surface area (Å²) in [6, 6.07) is 8.42. The van der Waals surface area contributed by atoms with Crippen LogP contribution in [0, 0.1) is 0 Å². The van der Waals surface area contributed by atoms with Crippen LogP contribution in [0.15, 0.2) is 55.2 Å². The number of fused-ring (bicyclic) bond motifs is 1. The molecule has 1 aromatic carbocycles. The highest BCUT2D eigenvalue weighted by molar-refractivity contribution is 9.11. The molecule has 4 rings (SSSR count). The third-order valence-electron chi connectivity index (χ3n) is 5.12. The number of allylic oxidation sites excluding steroid dienone is 1. The summed E-state index contributed by atoms with van der Waals surface area (Å²) < 4.78 is 19.3. The Kier molecular flexibility index (Phi) is 6.87. The van der Waals surface area contributed by atoms with E-state index in [-0.39, 0.29) is 12.2 Å². The van der Waals surface area contributed by atoms with Crippen molar-refractivity contribution in [2.75, 3.05) is 20.8 Å². The second-order valence-corrected chi connectivity index (χ2v) is 10.6. The largest absolute Gasteiger partial charge is 0.497 e. The molecule has 0 saturated carbocycles. The number of methoxy groups -OCH3 is 2. The molecule has 0 amide bonds. The molecule has 1 atom stereocenters. The van der Waals surface area contributed by atoms with E-state index in [0.29, 0.717) is 37.7 Å². The Bertz CT molecular complexity index is 1430. The summed E-state index contributed by atoms with van der Waals surface area (Å²) in [5, 5.41) is 0. The van der Waals surface area contributed by atoms with E-state index in [0.717, 1.165) is 8.66 Å². The average Bonchev–Trinajstić information content (AvgIpc) is 3.34. The van der Waals surface area contributed by atoms with Crippen molar-refractivity contribution in [1.29, 1.82) is 0 Å². The number of ether oxygens (including phenoxy) is 3. The van der Waals surface area contributed by atoms with Gasteiger partial charge in [0.15, 0.2) is 4.80 Å². The highest BCUT2D eigenvalue weighted by Gasteiger charge is 2.35. The quantitative estimate of drug-likeness (QED) is 0.439. The van der Waals surface area contributed by atoms with Crippen LogP contribution < -0.4 is 24.4 Å². The van der Waals surface area contributed by atoms with Gasteiger partial charge < -0.3 is 14.2 Å². The lowest BCUT2D eigenvalue weighted by Crippen LogP contribution is -2.40. The van der Waals surface area contributed by atoms with E-state index in [1.807, 2.05) is 18.2 Å². The first-order chi connectivity index (χ1) is 15.9. The second kappa shape index (κ2) is 9.66. The van der Waals surface area contributed by atoms with Crippen LogP contribution in [-0.2, 0) is 9.53 Å². The summed E-state index contributed by atoms with van der Waals surface area (Å²) in [6.07, 6.45) is 1.84. The van der Waals surface area contributed by atoms with Gasteiger partial charge in [0.05, 0.1) is 40.4 Å². The third kappa shape index (κ3) is 4.42. The zero-order chi connectivity index (χ0) is 23.7. The van der Waals surface area contributed by atoms with Crippen LogP contribution in [0.5, 0.6) is 11.5 Å². The molecule has 0 unspecified atom stereocenters. The number of carbonyl (C=O) groups excluding carboxylic acids is 1. The Morgan fingerprint density at radius 2 is 2.00 bits per heavy atom.